The minimum absolute atomic E-state index is 0.00272. The number of halogens is 2. The van der Waals surface area contributed by atoms with Gasteiger partial charge in [-0.1, -0.05) is 42.5 Å². The fourth-order valence-corrected chi connectivity index (χ4v) is 2.69. The zero-order chi connectivity index (χ0) is 13.7. The van der Waals surface area contributed by atoms with E-state index in [2.05, 4.69) is 10.6 Å². The molecule has 19 heavy (non-hydrogen) atoms. The molecule has 0 radical (unpaired) electrons. The molecule has 1 aliphatic carbocycles. The summed E-state index contributed by atoms with van der Waals surface area (Å²) >= 11 is 11.9. The molecule has 0 saturated heterocycles. The van der Waals surface area contributed by atoms with Crippen LogP contribution in [0.3, 0.4) is 0 Å². The lowest BCUT2D eigenvalue weighted by Crippen LogP contribution is -2.39. The Morgan fingerprint density at radius 2 is 1.95 bits per heavy atom. The van der Waals surface area contributed by atoms with Crippen molar-refractivity contribution in [2.45, 2.75) is 38.1 Å². The molecule has 3 nitrogen and oxygen atoms in total. The van der Waals surface area contributed by atoms with Gasteiger partial charge in [-0.15, -0.1) is 0 Å². The van der Waals surface area contributed by atoms with Gasteiger partial charge in [-0.05, 0) is 31.0 Å². The van der Waals surface area contributed by atoms with Gasteiger partial charge in [-0.25, -0.2) is 0 Å². The second-order valence-electron chi connectivity index (χ2n) is 4.88. The molecular weight excluding hydrogens is 283 g/mol. The molecule has 0 aromatic heterocycles. The Kier molecular flexibility index (Phi) is 5.34. The van der Waals surface area contributed by atoms with E-state index in [1.807, 2.05) is 0 Å². The second-order valence-corrected chi connectivity index (χ2v) is 5.72. The Balaban J connectivity index is 1.81. The summed E-state index contributed by atoms with van der Waals surface area (Å²) < 4.78 is 0. The summed E-state index contributed by atoms with van der Waals surface area (Å²) in [4.78, 5) is 11.8. The van der Waals surface area contributed by atoms with Crippen LogP contribution in [0.4, 0.5) is 5.69 Å². The minimum atomic E-state index is 0.00272. The maximum absolute atomic E-state index is 11.8. The SMILES string of the molecule is O=C(CNc1cc(Cl)ccc1Cl)NC1CCCCC1. The Bertz CT molecular complexity index is 445. The number of nitrogens with one attached hydrogen (secondary N) is 2. The summed E-state index contributed by atoms with van der Waals surface area (Å²) in [5, 5.41) is 7.22. The molecule has 1 saturated carbocycles. The lowest BCUT2D eigenvalue weighted by molar-refractivity contribution is -0.120. The number of carbonyl (C=O) groups excluding carboxylic acids is 1. The Hall–Kier alpha value is -0.930. The first kappa shape index (κ1) is 14.5. The second kappa shape index (κ2) is 7.01. The van der Waals surface area contributed by atoms with Gasteiger partial charge >= 0.3 is 0 Å². The van der Waals surface area contributed by atoms with E-state index < -0.39 is 0 Å². The first-order chi connectivity index (χ1) is 9.15. The highest BCUT2D eigenvalue weighted by Crippen LogP contribution is 2.25. The van der Waals surface area contributed by atoms with E-state index in [-0.39, 0.29) is 12.5 Å². The third-order valence-corrected chi connectivity index (χ3v) is 3.90. The molecule has 0 aliphatic heterocycles. The van der Waals surface area contributed by atoms with Gasteiger partial charge in [0.2, 0.25) is 5.91 Å². The zero-order valence-electron chi connectivity index (χ0n) is 10.7. The van der Waals surface area contributed by atoms with E-state index in [9.17, 15) is 4.79 Å². The molecule has 0 spiro atoms. The lowest BCUT2D eigenvalue weighted by atomic mass is 9.95. The van der Waals surface area contributed by atoms with Gasteiger partial charge in [0, 0.05) is 11.1 Å². The fraction of sp³-hybridized carbons (Fsp3) is 0.500. The highest BCUT2D eigenvalue weighted by molar-refractivity contribution is 6.35. The van der Waals surface area contributed by atoms with Crippen molar-refractivity contribution in [2.24, 2.45) is 0 Å². The summed E-state index contributed by atoms with van der Waals surface area (Å²) in [6.07, 6.45) is 5.87. The molecule has 5 heteroatoms. The maximum atomic E-state index is 11.8. The van der Waals surface area contributed by atoms with E-state index in [4.69, 9.17) is 23.2 Å². The van der Waals surface area contributed by atoms with Crippen LogP contribution < -0.4 is 10.6 Å². The normalized spacial score (nSPS) is 16.1. The first-order valence-corrected chi connectivity index (χ1v) is 7.39. The van der Waals surface area contributed by atoms with Gasteiger partial charge in [0.05, 0.1) is 17.3 Å². The van der Waals surface area contributed by atoms with Crippen molar-refractivity contribution < 1.29 is 4.79 Å². The van der Waals surface area contributed by atoms with Crippen LogP contribution in [0.2, 0.25) is 10.0 Å². The maximum Gasteiger partial charge on any atom is 0.239 e. The van der Waals surface area contributed by atoms with Crippen LogP contribution in [0.5, 0.6) is 0 Å². The topological polar surface area (TPSA) is 41.1 Å². The van der Waals surface area contributed by atoms with Crippen LogP contribution in [0.1, 0.15) is 32.1 Å². The van der Waals surface area contributed by atoms with E-state index in [0.29, 0.717) is 21.8 Å². The Morgan fingerprint density at radius 3 is 2.68 bits per heavy atom. The van der Waals surface area contributed by atoms with Crippen LogP contribution in [0, 0.1) is 0 Å². The third kappa shape index (κ3) is 4.59. The third-order valence-electron chi connectivity index (χ3n) is 3.34. The predicted molar refractivity (Wildman–Crippen MR) is 80.0 cm³/mol. The van der Waals surface area contributed by atoms with E-state index in [1.165, 1.54) is 19.3 Å². The molecule has 0 unspecified atom stereocenters. The fourth-order valence-electron chi connectivity index (χ4n) is 2.33. The number of anilines is 1. The van der Waals surface area contributed by atoms with Crippen molar-refractivity contribution in [1.82, 2.24) is 5.32 Å². The summed E-state index contributed by atoms with van der Waals surface area (Å²) in [7, 11) is 0. The van der Waals surface area contributed by atoms with Crippen molar-refractivity contribution in [2.75, 3.05) is 11.9 Å². The molecular formula is C14H18Cl2N2O. The summed E-state index contributed by atoms with van der Waals surface area (Å²) in [6, 6.07) is 5.48. The van der Waals surface area contributed by atoms with E-state index >= 15 is 0 Å². The largest absolute Gasteiger partial charge is 0.375 e. The Morgan fingerprint density at radius 1 is 1.21 bits per heavy atom. The number of carbonyl (C=O) groups is 1. The van der Waals surface area contributed by atoms with Crippen LogP contribution in [0.15, 0.2) is 18.2 Å². The van der Waals surface area contributed by atoms with E-state index in [0.717, 1.165) is 12.8 Å². The summed E-state index contributed by atoms with van der Waals surface area (Å²) in [5.41, 5.74) is 0.688. The number of amides is 1. The minimum Gasteiger partial charge on any atom is -0.375 e. The highest BCUT2D eigenvalue weighted by atomic mass is 35.5. The van der Waals surface area contributed by atoms with Gasteiger partial charge < -0.3 is 10.6 Å². The van der Waals surface area contributed by atoms with Gasteiger partial charge in [0.15, 0.2) is 0 Å². The first-order valence-electron chi connectivity index (χ1n) is 6.63. The van der Waals surface area contributed by atoms with Crippen LogP contribution in [0.25, 0.3) is 0 Å². The number of hydrogen-bond donors (Lipinski definition) is 2. The Labute approximate surface area is 123 Å². The number of hydrogen-bond acceptors (Lipinski definition) is 2. The van der Waals surface area contributed by atoms with Crippen LogP contribution in [-0.4, -0.2) is 18.5 Å². The van der Waals surface area contributed by atoms with Crippen LogP contribution in [-0.2, 0) is 4.79 Å². The molecule has 0 bridgehead atoms. The lowest BCUT2D eigenvalue weighted by Gasteiger charge is -2.23. The van der Waals surface area contributed by atoms with Crippen LogP contribution >= 0.6 is 23.2 Å². The summed E-state index contributed by atoms with van der Waals surface area (Å²) in [6.45, 7) is 0.219. The van der Waals surface area contributed by atoms with Gasteiger partial charge in [0.1, 0.15) is 0 Å². The molecule has 1 aromatic rings. The molecule has 0 heterocycles. The van der Waals surface area contributed by atoms with Crippen molar-refractivity contribution in [3.05, 3.63) is 28.2 Å². The van der Waals surface area contributed by atoms with Crippen molar-refractivity contribution in [3.63, 3.8) is 0 Å². The van der Waals surface area contributed by atoms with Gasteiger partial charge in [0.25, 0.3) is 0 Å². The average molecular weight is 301 g/mol. The smallest absolute Gasteiger partial charge is 0.239 e. The van der Waals surface area contributed by atoms with Gasteiger partial charge in [-0.2, -0.15) is 0 Å². The number of benzene rings is 1. The molecule has 1 aromatic carbocycles. The molecule has 0 atom stereocenters. The zero-order valence-corrected chi connectivity index (χ0v) is 12.2. The van der Waals surface area contributed by atoms with E-state index in [1.54, 1.807) is 18.2 Å². The molecule has 2 N–H and O–H groups in total. The molecule has 2 rings (SSSR count). The van der Waals surface area contributed by atoms with Gasteiger partial charge in [-0.3, -0.25) is 4.79 Å². The number of rotatable bonds is 4. The van der Waals surface area contributed by atoms with Crippen molar-refractivity contribution in [3.8, 4) is 0 Å². The van der Waals surface area contributed by atoms with Crippen molar-refractivity contribution >= 4 is 34.8 Å². The average Bonchev–Trinajstić information content (AvgIpc) is 2.41. The standard InChI is InChI=1S/C14H18Cl2N2O/c15-10-6-7-12(16)13(8-10)17-9-14(19)18-11-4-2-1-3-5-11/h6-8,11,17H,1-5,9H2,(H,18,19). The molecule has 1 aliphatic rings. The monoisotopic (exact) mass is 300 g/mol. The highest BCUT2D eigenvalue weighted by Gasteiger charge is 2.15. The predicted octanol–water partition coefficient (Wildman–Crippen LogP) is 3.85. The summed E-state index contributed by atoms with van der Waals surface area (Å²) in [5.74, 6) is 0.00272. The molecule has 104 valence electrons. The quantitative estimate of drug-likeness (QED) is 0.886. The molecule has 1 fully saturated rings. The van der Waals surface area contributed by atoms with Crippen molar-refractivity contribution in [1.29, 1.82) is 0 Å². The molecule has 1 amide bonds.